The van der Waals surface area contributed by atoms with Gasteiger partial charge in [0.2, 0.25) is 5.28 Å². The molecule has 0 bridgehead atoms. The molecular formula is C9H9ClN4. The van der Waals surface area contributed by atoms with Gasteiger partial charge in [-0.2, -0.15) is 0 Å². The molecule has 0 aliphatic carbocycles. The third kappa shape index (κ3) is 2.23. The number of hydrogen-bond acceptors (Lipinski definition) is 3. The molecule has 2 aromatic rings. The van der Waals surface area contributed by atoms with Crippen LogP contribution < -0.4 is 5.32 Å². The van der Waals surface area contributed by atoms with Gasteiger partial charge < -0.3 is 10.3 Å². The molecule has 0 aliphatic heterocycles. The van der Waals surface area contributed by atoms with Crippen LogP contribution in [0.3, 0.4) is 0 Å². The normalized spacial score (nSPS) is 10.1. The predicted octanol–water partition coefficient (Wildman–Crippen LogP) is 2.07. The first-order valence-corrected chi connectivity index (χ1v) is 4.57. The molecule has 0 saturated heterocycles. The maximum absolute atomic E-state index is 5.64. The van der Waals surface area contributed by atoms with Crippen molar-refractivity contribution in [2.24, 2.45) is 0 Å². The number of nitrogens with one attached hydrogen (secondary N) is 2. The van der Waals surface area contributed by atoms with E-state index in [1.54, 1.807) is 12.3 Å². The zero-order chi connectivity index (χ0) is 9.80. The van der Waals surface area contributed by atoms with Gasteiger partial charge in [0.05, 0.1) is 6.54 Å². The molecule has 0 amide bonds. The Bertz CT molecular complexity index is 399. The molecule has 2 N–H and O–H groups in total. The number of anilines is 1. The van der Waals surface area contributed by atoms with E-state index in [4.69, 9.17) is 11.6 Å². The average molecular weight is 209 g/mol. The SMILES string of the molecule is Clc1nccc(NCc2ccc[nH]2)n1. The molecule has 2 aromatic heterocycles. The number of halogens is 1. The van der Waals surface area contributed by atoms with Crippen LogP contribution in [0.25, 0.3) is 0 Å². The molecule has 0 unspecified atom stereocenters. The second-order valence-corrected chi connectivity index (χ2v) is 3.10. The molecule has 72 valence electrons. The molecule has 0 spiro atoms. The fraction of sp³-hybridized carbons (Fsp3) is 0.111. The van der Waals surface area contributed by atoms with Crippen molar-refractivity contribution in [1.82, 2.24) is 15.0 Å². The van der Waals surface area contributed by atoms with Gasteiger partial charge in [-0.3, -0.25) is 0 Å². The quantitative estimate of drug-likeness (QED) is 0.760. The largest absolute Gasteiger partial charge is 0.364 e. The van der Waals surface area contributed by atoms with Crippen LogP contribution in [0.1, 0.15) is 5.69 Å². The van der Waals surface area contributed by atoms with Crippen LogP contribution in [-0.4, -0.2) is 15.0 Å². The molecule has 0 fully saturated rings. The molecule has 0 radical (unpaired) electrons. The van der Waals surface area contributed by atoms with Crippen LogP contribution >= 0.6 is 11.6 Å². The third-order valence-corrected chi connectivity index (χ3v) is 1.93. The summed E-state index contributed by atoms with van der Waals surface area (Å²) < 4.78 is 0. The molecular weight excluding hydrogens is 200 g/mol. The fourth-order valence-electron chi connectivity index (χ4n) is 1.10. The van der Waals surface area contributed by atoms with Crippen molar-refractivity contribution in [3.05, 3.63) is 41.6 Å². The fourth-order valence-corrected chi connectivity index (χ4v) is 1.24. The molecule has 2 rings (SSSR count). The Balaban J connectivity index is 1.98. The Kier molecular flexibility index (Phi) is 2.65. The van der Waals surface area contributed by atoms with E-state index in [0.29, 0.717) is 6.54 Å². The van der Waals surface area contributed by atoms with Crippen molar-refractivity contribution in [2.75, 3.05) is 5.32 Å². The highest BCUT2D eigenvalue weighted by atomic mass is 35.5. The third-order valence-electron chi connectivity index (χ3n) is 1.75. The van der Waals surface area contributed by atoms with E-state index in [-0.39, 0.29) is 5.28 Å². The smallest absolute Gasteiger partial charge is 0.224 e. The van der Waals surface area contributed by atoms with E-state index in [0.717, 1.165) is 11.5 Å². The summed E-state index contributed by atoms with van der Waals surface area (Å²) in [7, 11) is 0. The van der Waals surface area contributed by atoms with Gasteiger partial charge in [0.25, 0.3) is 0 Å². The van der Waals surface area contributed by atoms with E-state index in [1.165, 1.54) is 0 Å². The van der Waals surface area contributed by atoms with Gasteiger partial charge >= 0.3 is 0 Å². The first-order chi connectivity index (χ1) is 6.84. The van der Waals surface area contributed by atoms with Crippen LogP contribution in [0.2, 0.25) is 5.28 Å². The van der Waals surface area contributed by atoms with Gasteiger partial charge in [-0.05, 0) is 29.8 Å². The summed E-state index contributed by atoms with van der Waals surface area (Å²) in [6.07, 6.45) is 3.50. The first-order valence-electron chi connectivity index (χ1n) is 4.19. The van der Waals surface area contributed by atoms with E-state index in [2.05, 4.69) is 20.3 Å². The molecule has 2 heterocycles. The molecule has 0 saturated carbocycles. The molecule has 5 heteroatoms. The summed E-state index contributed by atoms with van der Waals surface area (Å²) in [5.74, 6) is 0.722. The van der Waals surface area contributed by atoms with Crippen molar-refractivity contribution >= 4 is 17.4 Å². The lowest BCUT2D eigenvalue weighted by molar-refractivity contribution is 1.04. The van der Waals surface area contributed by atoms with Gasteiger partial charge in [-0.15, -0.1) is 0 Å². The van der Waals surface area contributed by atoms with Gasteiger partial charge in [0, 0.05) is 18.1 Å². The summed E-state index contributed by atoms with van der Waals surface area (Å²) >= 11 is 5.64. The maximum Gasteiger partial charge on any atom is 0.224 e. The zero-order valence-corrected chi connectivity index (χ0v) is 8.12. The van der Waals surface area contributed by atoms with Crippen molar-refractivity contribution in [3.8, 4) is 0 Å². The van der Waals surface area contributed by atoms with Gasteiger partial charge in [0.1, 0.15) is 5.82 Å². The summed E-state index contributed by atoms with van der Waals surface area (Å²) in [5.41, 5.74) is 1.10. The van der Waals surface area contributed by atoms with Crippen LogP contribution in [0.4, 0.5) is 5.82 Å². The Hall–Kier alpha value is -1.55. The lowest BCUT2D eigenvalue weighted by Crippen LogP contribution is -2.01. The maximum atomic E-state index is 5.64. The minimum atomic E-state index is 0.251. The van der Waals surface area contributed by atoms with E-state index >= 15 is 0 Å². The van der Waals surface area contributed by atoms with Gasteiger partial charge in [-0.1, -0.05) is 0 Å². The Morgan fingerprint density at radius 1 is 1.43 bits per heavy atom. The predicted molar refractivity (Wildman–Crippen MR) is 55.2 cm³/mol. The highest BCUT2D eigenvalue weighted by Crippen LogP contribution is 2.07. The summed E-state index contributed by atoms with van der Waals surface area (Å²) in [6, 6.07) is 5.72. The van der Waals surface area contributed by atoms with E-state index in [9.17, 15) is 0 Å². The molecule has 0 atom stereocenters. The summed E-state index contributed by atoms with van der Waals surface area (Å²) in [5, 5.41) is 3.37. The van der Waals surface area contributed by atoms with E-state index < -0.39 is 0 Å². The Morgan fingerprint density at radius 3 is 3.07 bits per heavy atom. The number of rotatable bonds is 3. The van der Waals surface area contributed by atoms with Crippen molar-refractivity contribution in [2.45, 2.75) is 6.54 Å². The number of nitrogens with zero attached hydrogens (tertiary/aromatic N) is 2. The minimum Gasteiger partial charge on any atom is -0.364 e. The van der Waals surface area contributed by atoms with Crippen LogP contribution in [0.15, 0.2) is 30.6 Å². The van der Waals surface area contributed by atoms with Crippen LogP contribution in [-0.2, 0) is 6.54 Å². The monoisotopic (exact) mass is 208 g/mol. The van der Waals surface area contributed by atoms with Gasteiger partial charge in [0.15, 0.2) is 0 Å². The van der Waals surface area contributed by atoms with Crippen molar-refractivity contribution < 1.29 is 0 Å². The van der Waals surface area contributed by atoms with Crippen LogP contribution in [0.5, 0.6) is 0 Å². The molecule has 14 heavy (non-hydrogen) atoms. The second-order valence-electron chi connectivity index (χ2n) is 2.76. The molecule has 0 aliphatic rings. The van der Waals surface area contributed by atoms with Crippen molar-refractivity contribution in [1.29, 1.82) is 0 Å². The summed E-state index contributed by atoms with van der Waals surface area (Å²) in [6.45, 7) is 0.695. The average Bonchev–Trinajstić information content (AvgIpc) is 2.67. The topological polar surface area (TPSA) is 53.6 Å². The zero-order valence-electron chi connectivity index (χ0n) is 7.37. The highest BCUT2D eigenvalue weighted by Gasteiger charge is 1.96. The summed E-state index contributed by atoms with van der Waals surface area (Å²) in [4.78, 5) is 10.9. The minimum absolute atomic E-state index is 0.251. The number of hydrogen-bond donors (Lipinski definition) is 2. The standard InChI is InChI=1S/C9H9ClN4/c10-9-12-5-3-8(14-9)13-6-7-2-1-4-11-7/h1-5,11H,6H2,(H,12,13,14). The molecule has 4 nitrogen and oxygen atoms in total. The van der Waals surface area contributed by atoms with Gasteiger partial charge in [-0.25, -0.2) is 9.97 Å². The molecule has 0 aromatic carbocycles. The Morgan fingerprint density at radius 2 is 2.36 bits per heavy atom. The number of aromatic amines is 1. The highest BCUT2D eigenvalue weighted by molar-refractivity contribution is 6.28. The number of H-pyrrole nitrogens is 1. The first kappa shape index (κ1) is 9.02. The number of aromatic nitrogens is 3. The van der Waals surface area contributed by atoms with E-state index in [1.807, 2.05) is 18.3 Å². The lowest BCUT2D eigenvalue weighted by atomic mass is 10.4. The Labute approximate surface area is 86.4 Å². The van der Waals surface area contributed by atoms with Crippen LogP contribution in [0, 0.1) is 0 Å². The second kappa shape index (κ2) is 4.11. The lowest BCUT2D eigenvalue weighted by Gasteiger charge is -2.02. The van der Waals surface area contributed by atoms with Crippen molar-refractivity contribution in [3.63, 3.8) is 0 Å².